The van der Waals surface area contributed by atoms with Gasteiger partial charge in [0.25, 0.3) is 5.91 Å². The fraction of sp³-hybridized carbons (Fsp3) is 0.182. The van der Waals surface area contributed by atoms with Crippen molar-refractivity contribution in [1.29, 1.82) is 5.26 Å². The fourth-order valence-corrected chi connectivity index (χ4v) is 3.42. The predicted octanol–water partition coefficient (Wildman–Crippen LogP) is 5.22. The molecule has 0 fully saturated rings. The summed E-state index contributed by atoms with van der Waals surface area (Å²) < 4.78 is 54.5. The van der Waals surface area contributed by atoms with Gasteiger partial charge in [0, 0.05) is 0 Å². The number of alkyl halides is 3. The number of carbonyl (C=O) groups excluding carboxylic acids is 1. The first-order valence-corrected chi connectivity index (χ1v) is 10.9. The van der Waals surface area contributed by atoms with Crippen LogP contribution in [0.3, 0.4) is 0 Å². The molecule has 0 saturated heterocycles. The van der Waals surface area contributed by atoms with Gasteiger partial charge < -0.3 is 14.2 Å². The van der Waals surface area contributed by atoms with E-state index in [1.54, 1.807) is 42.5 Å². The first-order valence-electron chi connectivity index (χ1n) is 9.73. The number of para-hydroxylation sites is 1. The summed E-state index contributed by atoms with van der Waals surface area (Å²) in [5, 5.41) is 16.6. The zero-order valence-corrected chi connectivity index (χ0v) is 19.5. The highest BCUT2D eigenvalue weighted by Crippen LogP contribution is 2.33. The van der Waals surface area contributed by atoms with Gasteiger partial charge in [-0.2, -0.15) is 18.4 Å². The summed E-state index contributed by atoms with van der Waals surface area (Å²) in [4.78, 5) is 12.3. The molecule has 0 aliphatic heterocycles. The Bertz CT molecular complexity index is 1270. The number of ether oxygens (including phenoxy) is 3. The molecule has 0 unspecified atom stereocenters. The molecule has 3 aromatic rings. The molecule has 0 spiro atoms. The van der Waals surface area contributed by atoms with Crippen molar-refractivity contribution in [3.05, 3.63) is 63.6 Å². The standard InChI is InChI=1S/C22H16ClF3N4O4S/c1-32-18-11-13(6-7-17(18)34-9-8-33-16-5-3-2-4-15(16)23)10-14(12-27)19(31)28-21-30-29-20(35-21)22(24,25)26/h2-7,10-11H,8-9H2,1H3,(H,28,30,31). The zero-order valence-electron chi connectivity index (χ0n) is 17.9. The molecular weight excluding hydrogens is 509 g/mol. The van der Waals surface area contributed by atoms with E-state index in [0.29, 0.717) is 27.8 Å². The topological polar surface area (TPSA) is 106 Å². The van der Waals surface area contributed by atoms with Crippen molar-refractivity contribution in [1.82, 2.24) is 10.2 Å². The van der Waals surface area contributed by atoms with Gasteiger partial charge in [-0.1, -0.05) is 41.1 Å². The minimum atomic E-state index is -4.68. The molecular formula is C22H16ClF3N4O4S. The summed E-state index contributed by atoms with van der Waals surface area (Å²) >= 11 is 6.18. The second-order valence-electron chi connectivity index (χ2n) is 6.57. The highest BCUT2D eigenvalue weighted by Gasteiger charge is 2.35. The van der Waals surface area contributed by atoms with Crippen molar-refractivity contribution in [2.75, 3.05) is 25.6 Å². The number of nitrogens with one attached hydrogen (secondary N) is 1. The molecule has 0 atom stereocenters. The van der Waals surface area contributed by atoms with Gasteiger partial charge in [-0.25, -0.2) is 0 Å². The van der Waals surface area contributed by atoms with E-state index in [1.807, 2.05) is 0 Å². The summed E-state index contributed by atoms with van der Waals surface area (Å²) in [6, 6.07) is 13.4. The lowest BCUT2D eigenvalue weighted by Gasteiger charge is -2.12. The Morgan fingerprint density at radius 1 is 1.14 bits per heavy atom. The number of carbonyl (C=O) groups is 1. The van der Waals surface area contributed by atoms with Crippen LogP contribution in [0, 0.1) is 11.3 Å². The van der Waals surface area contributed by atoms with Crippen LogP contribution in [0.1, 0.15) is 10.6 Å². The Balaban J connectivity index is 1.64. The predicted molar refractivity (Wildman–Crippen MR) is 123 cm³/mol. The average molecular weight is 525 g/mol. The highest BCUT2D eigenvalue weighted by molar-refractivity contribution is 7.15. The van der Waals surface area contributed by atoms with Crippen molar-refractivity contribution in [3.8, 4) is 23.3 Å². The number of rotatable bonds is 9. The van der Waals surface area contributed by atoms with E-state index < -0.39 is 17.1 Å². The number of nitrogens with zero attached hydrogens (tertiary/aromatic N) is 3. The van der Waals surface area contributed by atoms with Gasteiger partial charge in [0.1, 0.15) is 30.6 Å². The summed E-state index contributed by atoms with van der Waals surface area (Å²) in [5.41, 5.74) is 0.0547. The van der Waals surface area contributed by atoms with Gasteiger partial charge in [-0.05, 0) is 35.9 Å². The van der Waals surface area contributed by atoms with Crippen molar-refractivity contribution >= 4 is 40.1 Å². The molecule has 1 heterocycles. The molecule has 8 nitrogen and oxygen atoms in total. The SMILES string of the molecule is COc1cc(C=C(C#N)C(=O)Nc2nnc(C(F)(F)F)s2)ccc1OCCOc1ccccc1Cl. The normalized spacial score (nSPS) is 11.5. The quantitative estimate of drug-likeness (QED) is 0.232. The highest BCUT2D eigenvalue weighted by atomic mass is 35.5. The van der Waals surface area contributed by atoms with Crippen LogP contribution in [0.4, 0.5) is 18.3 Å². The van der Waals surface area contributed by atoms with Crippen LogP contribution in [-0.4, -0.2) is 36.4 Å². The monoisotopic (exact) mass is 524 g/mol. The molecule has 1 N–H and O–H groups in total. The number of aromatic nitrogens is 2. The van der Waals surface area contributed by atoms with Crippen molar-refractivity contribution in [3.63, 3.8) is 0 Å². The summed E-state index contributed by atoms with van der Waals surface area (Å²) in [5.74, 6) is 0.307. The van der Waals surface area contributed by atoms with Gasteiger partial charge in [-0.15, -0.1) is 10.2 Å². The molecule has 13 heteroatoms. The minimum absolute atomic E-state index is 0.149. The number of benzene rings is 2. The molecule has 35 heavy (non-hydrogen) atoms. The summed E-state index contributed by atoms with van der Waals surface area (Å²) in [6.07, 6.45) is -3.44. The fourth-order valence-electron chi connectivity index (χ4n) is 2.63. The number of halogens is 4. The number of methoxy groups -OCH3 is 1. The van der Waals surface area contributed by atoms with E-state index in [4.69, 9.17) is 25.8 Å². The van der Waals surface area contributed by atoms with E-state index in [1.165, 1.54) is 19.3 Å². The zero-order chi connectivity index (χ0) is 25.4. The van der Waals surface area contributed by atoms with Crippen molar-refractivity contribution < 1.29 is 32.2 Å². The maximum absolute atomic E-state index is 12.6. The van der Waals surface area contributed by atoms with Crippen LogP contribution in [-0.2, 0) is 11.0 Å². The van der Waals surface area contributed by atoms with Gasteiger partial charge in [0.2, 0.25) is 10.1 Å². The van der Waals surface area contributed by atoms with Crippen LogP contribution in [0.2, 0.25) is 5.02 Å². The van der Waals surface area contributed by atoms with E-state index in [-0.39, 0.29) is 35.3 Å². The number of amides is 1. The molecule has 1 amide bonds. The molecule has 1 aromatic heterocycles. The third-order valence-corrected chi connectivity index (χ3v) is 5.38. The van der Waals surface area contributed by atoms with Crippen LogP contribution in [0.25, 0.3) is 6.08 Å². The van der Waals surface area contributed by atoms with Crippen LogP contribution in [0.5, 0.6) is 17.2 Å². The van der Waals surface area contributed by atoms with Crippen LogP contribution in [0.15, 0.2) is 48.0 Å². The van der Waals surface area contributed by atoms with Crippen molar-refractivity contribution in [2.45, 2.75) is 6.18 Å². The average Bonchev–Trinajstić information content (AvgIpc) is 3.30. The molecule has 0 saturated carbocycles. The van der Waals surface area contributed by atoms with Gasteiger partial charge in [0.15, 0.2) is 11.5 Å². The van der Waals surface area contributed by atoms with E-state index >= 15 is 0 Å². The summed E-state index contributed by atoms with van der Waals surface area (Å²) in [6.45, 7) is 0.402. The molecule has 2 aromatic carbocycles. The largest absolute Gasteiger partial charge is 0.493 e. The third kappa shape index (κ3) is 7.08. The van der Waals surface area contributed by atoms with Gasteiger partial charge >= 0.3 is 6.18 Å². The maximum Gasteiger partial charge on any atom is 0.445 e. The Morgan fingerprint density at radius 3 is 2.49 bits per heavy atom. The number of nitriles is 1. The number of hydrogen-bond acceptors (Lipinski definition) is 8. The minimum Gasteiger partial charge on any atom is -0.493 e. The van der Waals surface area contributed by atoms with E-state index in [9.17, 15) is 23.2 Å². The van der Waals surface area contributed by atoms with E-state index in [0.717, 1.165) is 0 Å². The first-order chi connectivity index (χ1) is 16.7. The number of anilines is 1. The molecule has 0 aliphatic rings. The lowest BCUT2D eigenvalue weighted by atomic mass is 10.1. The first kappa shape index (κ1) is 25.8. The molecule has 0 bridgehead atoms. The molecule has 182 valence electrons. The van der Waals surface area contributed by atoms with E-state index in [2.05, 4.69) is 15.5 Å². The van der Waals surface area contributed by atoms with Crippen LogP contribution < -0.4 is 19.5 Å². The van der Waals surface area contributed by atoms with Gasteiger partial charge in [0.05, 0.1) is 12.1 Å². The Labute approximate surface area is 206 Å². The summed E-state index contributed by atoms with van der Waals surface area (Å²) in [7, 11) is 1.42. The van der Waals surface area contributed by atoms with Crippen molar-refractivity contribution in [2.24, 2.45) is 0 Å². The van der Waals surface area contributed by atoms with Gasteiger partial charge in [-0.3, -0.25) is 10.1 Å². The molecule has 3 rings (SSSR count). The van der Waals surface area contributed by atoms with Crippen LogP contribution >= 0.6 is 22.9 Å². The lowest BCUT2D eigenvalue weighted by Crippen LogP contribution is -2.13. The second kappa shape index (κ2) is 11.5. The number of hydrogen-bond donors (Lipinski definition) is 1. The molecule has 0 radical (unpaired) electrons. The third-order valence-electron chi connectivity index (χ3n) is 4.19. The molecule has 0 aliphatic carbocycles. The Hall–Kier alpha value is -3.82. The Kier molecular flexibility index (Phi) is 8.51. The second-order valence-corrected chi connectivity index (χ2v) is 7.96. The maximum atomic E-state index is 12.6. The lowest BCUT2D eigenvalue weighted by molar-refractivity contribution is -0.138. The smallest absolute Gasteiger partial charge is 0.445 e. The Morgan fingerprint density at radius 2 is 1.86 bits per heavy atom.